The highest BCUT2D eigenvalue weighted by atomic mass is 35.5. The maximum atomic E-state index is 12.8. The lowest BCUT2D eigenvalue weighted by atomic mass is 10.1. The van der Waals surface area contributed by atoms with Crippen molar-refractivity contribution in [1.82, 2.24) is 10.2 Å². The van der Waals surface area contributed by atoms with Crippen LogP contribution >= 0.6 is 23.4 Å². The highest BCUT2D eigenvalue weighted by Gasteiger charge is 2.34. The molecule has 1 heterocycles. The third kappa shape index (κ3) is 3.40. The molecular formula is C19H15ClN2O4S. The summed E-state index contributed by atoms with van der Waals surface area (Å²) in [5.74, 6) is 1.52. The molecule has 4 rings (SSSR count). The molecule has 6 nitrogen and oxygen atoms in total. The number of thioether (sulfide) groups is 1. The molecule has 138 valence electrons. The SMILES string of the molecule is COc1cc2c(cc1OC)C(=O)C(Sc1nnc(-c3cccc(Cl)c3)o1)C2. The third-order valence-electron chi connectivity index (χ3n) is 4.29. The summed E-state index contributed by atoms with van der Waals surface area (Å²) in [6.45, 7) is 0. The van der Waals surface area contributed by atoms with Crippen LogP contribution in [0.15, 0.2) is 46.0 Å². The van der Waals surface area contributed by atoms with Gasteiger partial charge in [-0.15, -0.1) is 10.2 Å². The molecule has 0 radical (unpaired) electrons. The van der Waals surface area contributed by atoms with Gasteiger partial charge in [0.25, 0.3) is 5.22 Å². The lowest BCUT2D eigenvalue weighted by molar-refractivity contribution is 0.0999. The van der Waals surface area contributed by atoms with Crippen LogP contribution in [0.5, 0.6) is 11.5 Å². The number of Topliss-reactive ketones (excluding diaryl/α,β-unsaturated/α-hetero) is 1. The number of methoxy groups -OCH3 is 2. The molecule has 27 heavy (non-hydrogen) atoms. The number of rotatable bonds is 5. The molecule has 1 aromatic heterocycles. The standard InChI is InChI=1S/C19H15ClN2O4S/c1-24-14-7-11-8-16(17(23)13(11)9-15(14)25-2)27-19-22-21-18(26-19)10-4-3-5-12(20)6-10/h3-7,9,16H,8H2,1-2H3. The number of ether oxygens (including phenoxy) is 2. The van der Waals surface area contributed by atoms with E-state index in [0.29, 0.717) is 39.6 Å². The summed E-state index contributed by atoms with van der Waals surface area (Å²) >= 11 is 7.26. The monoisotopic (exact) mass is 402 g/mol. The normalized spacial score (nSPS) is 15.7. The summed E-state index contributed by atoms with van der Waals surface area (Å²) in [4.78, 5) is 12.8. The van der Waals surface area contributed by atoms with Gasteiger partial charge in [-0.1, -0.05) is 29.4 Å². The van der Waals surface area contributed by atoms with Crippen LogP contribution in [0, 0.1) is 0 Å². The van der Waals surface area contributed by atoms with E-state index in [1.54, 1.807) is 32.4 Å². The molecule has 0 spiro atoms. The molecule has 3 aromatic rings. The Balaban J connectivity index is 1.55. The number of carbonyl (C=O) groups excluding carboxylic acids is 1. The molecule has 0 N–H and O–H groups in total. The van der Waals surface area contributed by atoms with E-state index in [1.807, 2.05) is 18.2 Å². The topological polar surface area (TPSA) is 74.5 Å². The fourth-order valence-electron chi connectivity index (χ4n) is 3.00. The van der Waals surface area contributed by atoms with Crippen LogP contribution in [0.1, 0.15) is 15.9 Å². The first-order chi connectivity index (χ1) is 13.1. The minimum atomic E-state index is -0.329. The molecule has 0 saturated carbocycles. The van der Waals surface area contributed by atoms with Gasteiger partial charge in [0.1, 0.15) is 0 Å². The molecule has 0 bridgehead atoms. The minimum absolute atomic E-state index is 0.0125. The second-order valence-corrected chi connectivity index (χ2v) is 7.51. The van der Waals surface area contributed by atoms with Gasteiger partial charge in [0.2, 0.25) is 5.89 Å². The summed E-state index contributed by atoms with van der Waals surface area (Å²) in [7, 11) is 3.12. The van der Waals surface area contributed by atoms with Crippen molar-refractivity contribution in [2.24, 2.45) is 0 Å². The molecule has 1 unspecified atom stereocenters. The van der Waals surface area contributed by atoms with E-state index < -0.39 is 0 Å². The van der Waals surface area contributed by atoms with E-state index in [2.05, 4.69) is 10.2 Å². The van der Waals surface area contributed by atoms with Crippen molar-refractivity contribution >= 4 is 29.1 Å². The van der Waals surface area contributed by atoms with Gasteiger partial charge < -0.3 is 13.9 Å². The largest absolute Gasteiger partial charge is 0.493 e. The van der Waals surface area contributed by atoms with Crippen molar-refractivity contribution in [3.05, 3.63) is 52.5 Å². The first-order valence-electron chi connectivity index (χ1n) is 8.14. The number of hydrogen-bond acceptors (Lipinski definition) is 7. The van der Waals surface area contributed by atoms with E-state index in [4.69, 9.17) is 25.5 Å². The Kier molecular flexibility index (Phi) is 4.80. The molecule has 0 amide bonds. The highest BCUT2D eigenvalue weighted by Crippen LogP contribution is 2.40. The molecule has 0 saturated heterocycles. The minimum Gasteiger partial charge on any atom is -0.493 e. The number of nitrogens with zero attached hydrogens (tertiary/aromatic N) is 2. The maximum absolute atomic E-state index is 12.8. The van der Waals surface area contributed by atoms with E-state index in [-0.39, 0.29) is 11.0 Å². The zero-order chi connectivity index (χ0) is 19.0. The van der Waals surface area contributed by atoms with Gasteiger partial charge in [0.05, 0.1) is 19.5 Å². The van der Waals surface area contributed by atoms with E-state index in [0.717, 1.165) is 11.1 Å². The third-order valence-corrected chi connectivity index (χ3v) is 5.56. The number of ketones is 1. The van der Waals surface area contributed by atoms with Gasteiger partial charge in [-0.2, -0.15) is 0 Å². The van der Waals surface area contributed by atoms with Crippen LogP contribution in [-0.4, -0.2) is 35.5 Å². The molecule has 2 aromatic carbocycles. The number of aromatic nitrogens is 2. The first-order valence-corrected chi connectivity index (χ1v) is 9.40. The zero-order valence-electron chi connectivity index (χ0n) is 14.6. The average molecular weight is 403 g/mol. The van der Waals surface area contributed by atoms with Crippen LogP contribution in [0.4, 0.5) is 0 Å². The van der Waals surface area contributed by atoms with E-state index >= 15 is 0 Å². The second kappa shape index (κ2) is 7.25. The van der Waals surface area contributed by atoms with Gasteiger partial charge in [0.15, 0.2) is 17.3 Å². The first kappa shape index (κ1) is 17.9. The van der Waals surface area contributed by atoms with Gasteiger partial charge in [-0.05, 0) is 42.3 Å². The fourth-order valence-corrected chi connectivity index (χ4v) is 4.14. The lowest BCUT2D eigenvalue weighted by Crippen LogP contribution is -2.11. The van der Waals surface area contributed by atoms with E-state index in [9.17, 15) is 4.79 Å². The molecule has 0 fully saturated rings. The second-order valence-electron chi connectivity index (χ2n) is 5.92. The highest BCUT2D eigenvalue weighted by molar-refractivity contribution is 8.00. The Hall–Kier alpha value is -2.51. The molecule has 0 aliphatic heterocycles. The molecule has 1 aliphatic rings. The van der Waals surface area contributed by atoms with Gasteiger partial charge in [0, 0.05) is 16.1 Å². The molecule has 1 aliphatic carbocycles. The van der Waals surface area contributed by atoms with E-state index in [1.165, 1.54) is 11.8 Å². The van der Waals surface area contributed by atoms with Crippen LogP contribution in [0.25, 0.3) is 11.5 Å². The van der Waals surface area contributed by atoms with Crippen molar-refractivity contribution < 1.29 is 18.7 Å². The maximum Gasteiger partial charge on any atom is 0.277 e. The van der Waals surface area contributed by atoms with Crippen LogP contribution in [0.2, 0.25) is 5.02 Å². The summed E-state index contributed by atoms with van der Waals surface area (Å²) < 4.78 is 16.3. The van der Waals surface area contributed by atoms with Gasteiger partial charge >= 0.3 is 0 Å². The van der Waals surface area contributed by atoms with Crippen molar-refractivity contribution in [3.8, 4) is 23.0 Å². The number of benzene rings is 2. The molecule has 8 heteroatoms. The Labute approximate surface area is 164 Å². The average Bonchev–Trinajstić information content (AvgIpc) is 3.26. The van der Waals surface area contributed by atoms with Gasteiger partial charge in [-0.3, -0.25) is 4.79 Å². The van der Waals surface area contributed by atoms with Crippen molar-refractivity contribution in [2.45, 2.75) is 16.9 Å². The number of halogens is 1. The van der Waals surface area contributed by atoms with Crippen molar-refractivity contribution in [3.63, 3.8) is 0 Å². The van der Waals surface area contributed by atoms with Gasteiger partial charge in [-0.25, -0.2) is 0 Å². The van der Waals surface area contributed by atoms with Crippen molar-refractivity contribution in [1.29, 1.82) is 0 Å². The quantitative estimate of drug-likeness (QED) is 0.629. The van der Waals surface area contributed by atoms with Crippen LogP contribution < -0.4 is 9.47 Å². The molecular weight excluding hydrogens is 388 g/mol. The Morgan fingerprint density at radius 3 is 2.67 bits per heavy atom. The zero-order valence-corrected chi connectivity index (χ0v) is 16.1. The number of fused-ring (bicyclic) bond motifs is 1. The summed E-state index contributed by atoms with van der Waals surface area (Å²) in [6.07, 6.45) is 0.564. The molecule has 1 atom stereocenters. The van der Waals surface area contributed by atoms with Crippen LogP contribution in [0.3, 0.4) is 0 Å². The smallest absolute Gasteiger partial charge is 0.277 e. The van der Waals surface area contributed by atoms with Crippen molar-refractivity contribution in [2.75, 3.05) is 14.2 Å². The lowest BCUT2D eigenvalue weighted by Gasteiger charge is -2.09. The summed E-state index contributed by atoms with van der Waals surface area (Å²) in [5, 5.41) is 8.70. The Morgan fingerprint density at radius 2 is 1.93 bits per heavy atom. The Morgan fingerprint density at radius 1 is 1.15 bits per heavy atom. The number of hydrogen-bond donors (Lipinski definition) is 0. The predicted octanol–water partition coefficient (Wildman–Crippen LogP) is 4.31. The van der Waals surface area contributed by atoms with Crippen LogP contribution in [-0.2, 0) is 6.42 Å². The number of carbonyl (C=O) groups is 1. The fraction of sp³-hybridized carbons (Fsp3) is 0.211. The summed E-state index contributed by atoms with van der Waals surface area (Å²) in [5.41, 5.74) is 2.29. The Bertz CT molecular complexity index is 1020. The summed E-state index contributed by atoms with van der Waals surface area (Å²) in [6, 6.07) is 10.7. The predicted molar refractivity (Wildman–Crippen MR) is 102 cm³/mol.